The van der Waals surface area contributed by atoms with Gasteiger partial charge >= 0.3 is 5.97 Å². The Hall–Kier alpha value is -0.880. The first-order chi connectivity index (χ1) is 6.95. The van der Waals surface area contributed by atoms with Crippen LogP contribution in [0.25, 0.3) is 0 Å². The van der Waals surface area contributed by atoms with Gasteiger partial charge in [-0.1, -0.05) is 23.2 Å². The number of hydrogen-bond donors (Lipinski definition) is 3. The zero-order chi connectivity index (χ0) is 11.6. The van der Waals surface area contributed by atoms with E-state index in [0.29, 0.717) is 0 Å². The number of aliphatic hydroxyl groups is 2. The van der Waals surface area contributed by atoms with Crippen LogP contribution in [0.5, 0.6) is 0 Å². The highest BCUT2D eigenvalue weighted by Crippen LogP contribution is 2.29. The Labute approximate surface area is 94.9 Å². The molecular formula is C8H7Cl2NO4. The molecule has 2 unspecified atom stereocenters. The summed E-state index contributed by atoms with van der Waals surface area (Å²) in [6.45, 7) is 0. The zero-order valence-corrected chi connectivity index (χ0v) is 8.77. The largest absolute Gasteiger partial charge is 0.479 e. The summed E-state index contributed by atoms with van der Waals surface area (Å²) in [6.07, 6.45) is -2.35. The number of nitrogens with zero attached hydrogens (tertiary/aromatic N) is 1. The summed E-state index contributed by atoms with van der Waals surface area (Å²) >= 11 is 11.2. The summed E-state index contributed by atoms with van der Waals surface area (Å²) in [4.78, 5) is 14.0. The number of hydrogen-bond acceptors (Lipinski definition) is 4. The summed E-state index contributed by atoms with van der Waals surface area (Å²) in [6, 6.07) is 1.28. The molecule has 0 fully saturated rings. The third-order valence-electron chi connectivity index (χ3n) is 1.75. The number of pyridine rings is 1. The van der Waals surface area contributed by atoms with Crippen LogP contribution < -0.4 is 0 Å². The van der Waals surface area contributed by atoms with Gasteiger partial charge in [-0.2, -0.15) is 0 Å². The second-order valence-corrected chi connectivity index (χ2v) is 3.47. The van der Waals surface area contributed by atoms with Crippen molar-refractivity contribution in [3.63, 3.8) is 0 Å². The number of aromatic nitrogens is 1. The average Bonchev–Trinajstić information content (AvgIpc) is 2.20. The minimum absolute atomic E-state index is 0.0200. The highest BCUT2D eigenvalue weighted by molar-refractivity contribution is 6.41. The van der Waals surface area contributed by atoms with Crippen LogP contribution in [-0.4, -0.2) is 32.4 Å². The summed E-state index contributed by atoms with van der Waals surface area (Å²) in [5.74, 6) is -1.55. The summed E-state index contributed by atoms with van der Waals surface area (Å²) in [5, 5.41) is 26.9. The number of carboxylic acids is 1. The maximum atomic E-state index is 10.4. The van der Waals surface area contributed by atoms with Crippen molar-refractivity contribution in [3.05, 3.63) is 28.0 Å². The van der Waals surface area contributed by atoms with E-state index in [4.69, 9.17) is 33.4 Å². The van der Waals surface area contributed by atoms with Crippen molar-refractivity contribution < 1.29 is 20.1 Å². The summed E-state index contributed by atoms with van der Waals surface area (Å²) in [5.41, 5.74) is 0.0200. The Kier molecular flexibility index (Phi) is 3.87. The Bertz CT molecular complexity index is 385. The Morgan fingerprint density at radius 2 is 2.00 bits per heavy atom. The monoisotopic (exact) mass is 251 g/mol. The molecule has 7 heteroatoms. The molecule has 15 heavy (non-hydrogen) atoms. The van der Waals surface area contributed by atoms with Crippen molar-refractivity contribution in [3.8, 4) is 0 Å². The molecule has 0 saturated carbocycles. The topological polar surface area (TPSA) is 90.7 Å². The number of carboxylic acid groups (broad SMARTS) is 1. The maximum absolute atomic E-state index is 10.4. The fraction of sp³-hybridized carbons (Fsp3) is 0.250. The average molecular weight is 252 g/mol. The normalized spacial score (nSPS) is 14.7. The molecule has 0 amide bonds. The fourth-order valence-corrected chi connectivity index (χ4v) is 1.35. The van der Waals surface area contributed by atoms with Crippen LogP contribution in [0.1, 0.15) is 11.7 Å². The lowest BCUT2D eigenvalue weighted by atomic mass is 10.1. The molecule has 0 radical (unpaired) electrons. The van der Waals surface area contributed by atoms with Gasteiger partial charge in [-0.25, -0.2) is 9.78 Å². The van der Waals surface area contributed by atoms with Crippen molar-refractivity contribution in [2.75, 3.05) is 0 Å². The second kappa shape index (κ2) is 4.76. The molecular weight excluding hydrogens is 245 g/mol. The molecule has 2 atom stereocenters. The molecule has 0 saturated heterocycles. The van der Waals surface area contributed by atoms with E-state index < -0.39 is 18.2 Å². The highest BCUT2D eigenvalue weighted by atomic mass is 35.5. The molecule has 5 nitrogen and oxygen atoms in total. The summed E-state index contributed by atoms with van der Waals surface area (Å²) in [7, 11) is 0. The van der Waals surface area contributed by atoms with Gasteiger partial charge in [-0.15, -0.1) is 0 Å². The molecule has 1 aromatic heterocycles. The third kappa shape index (κ3) is 2.57. The van der Waals surface area contributed by atoms with Crippen LogP contribution in [0.2, 0.25) is 10.2 Å². The van der Waals surface area contributed by atoms with Crippen molar-refractivity contribution >= 4 is 29.2 Å². The van der Waals surface area contributed by atoms with Gasteiger partial charge in [0.1, 0.15) is 11.3 Å². The van der Waals surface area contributed by atoms with Crippen molar-refractivity contribution in [2.24, 2.45) is 0 Å². The molecule has 0 aliphatic heterocycles. The number of aliphatic carboxylic acids is 1. The molecule has 0 spiro atoms. The van der Waals surface area contributed by atoms with Crippen LogP contribution >= 0.6 is 23.2 Å². The van der Waals surface area contributed by atoms with Crippen LogP contribution in [0.15, 0.2) is 12.3 Å². The van der Waals surface area contributed by atoms with Crippen molar-refractivity contribution in [2.45, 2.75) is 12.2 Å². The Balaban J connectivity index is 3.06. The molecule has 0 bridgehead atoms. The van der Waals surface area contributed by atoms with Gasteiger partial charge < -0.3 is 15.3 Å². The van der Waals surface area contributed by atoms with E-state index in [1.807, 2.05) is 0 Å². The van der Waals surface area contributed by atoms with Crippen LogP contribution in [0.4, 0.5) is 0 Å². The highest BCUT2D eigenvalue weighted by Gasteiger charge is 2.27. The molecule has 0 aliphatic carbocycles. The van der Waals surface area contributed by atoms with Crippen LogP contribution in [0.3, 0.4) is 0 Å². The third-order valence-corrected chi connectivity index (χ3v) is 2.53. The van der Waals surface area contributed by atoms with E-state index in [1.165, 1.54) is 12.3 Å². The van der Waals surface area contributed by atoms with E-state index in [9.17, 15) is 9.90 Å². The molecule has 3 N–H and O–H groups in total. The van der Waals surface area contributed by atoms with Crippen LogP contribution in [-0.2, 0) is 4.79 Å². The minimum Gasteiger partial charge on any atom is -0.479 e. The second-order valence-electron chi connectivity index (χ2n) is 2.73. The first-order valence-electron chi connectivity index (χ1n) is 3.84. The molecule has 1 rings (SSSR count). The minimum atomic E-state index is -1.96. The van der Waals surface area contributed by atoms with Gasteiger partial charge in [0.2, 0.25) is 0 Å². The SMILES string of the molecule is O=C(O)C(O)C(O)c1ccnc(Cl)c1Cl. The Morgan fingerprint density at radius 3 is 2.53 bits per heavy atom. The van der Waals surface area contributed by atoms with Gasteiger partial charge in [-0.3, -0.25) is 0 Å². The first kappa shape index (κ1) is 12.2. The molecule has 0 aromatic carbocycles. The predicted molar refractivity (Wildman–Crippen MR) is 52.9 cm³/mol. The first-order valence-corrected chi connectivity index (χ1v) is 4.59. The standard InChI is InChI=1S/C8H7Cl2NO4/c9-4-3(1-2-11-7(4)10)5(12)6(13)8(14)15/h1-2,5-6,12-13H,(H,14,15). The van der Waals surface area contributed by atoms with E-state index in [-0.39, 0.29) is 15.7 Å². The molecule has 82 valence electrons. The Morgan fingerprint density at radius 1 is 1.40 bits per heavy atom. The van der Waals surface area contributed by atoms with Crippen LogP contribution in [0, 0.1) is 0 Å². The van der Waals surface area contributed by atoms with Gasteiger partial charge in [0, 0.05) is 11.8 Å². The lowest BCUT2D eigenvalue weighted by molar-refractivity contribution is -0.153. The predicted octanol–water partition coefficient (Wildman–Crippen LogP) is 0.867. The van der Waals surface area contributed by atoms with Gasteiger partial charge in [0.25, 0.3) is 0 Å². The van der Waals surface area contributed by atoms with Gasteiger partial charge in [-0.05, 0) is 6.07 Å². The lowest BCUT2D eigenvalue weighted by Gasteiger charge is -2.15. The van der Waals surface area contributed by atoms with E-state index >= 15 is 0 Å². The van der Waals surface area contributed by atoms with Crippen molar-refractivity contribution in [1.29, 1.82) is 0 Å². The van der Waals surface area contributed by atoms with Gasteiger partial charge in [0.05, 0.1) is 5.02 Å². The van der Waals surface area contributed by atoms with Crippen molar-refractivity contribution in [1.82, 2.24) is 4.98 Å². The number of rotatable bonds is 3. The van der Waals surface area contributed by atoms with Gasteiger partial charge in [0.15, 0.2) is 6.10 Å². The molecule has 1 aromatic rings. The maximum Gasteiger partial charge on any atom is 0.335 e. The van der Waals surface area contributed by atoms with E-state index in [2.05, 4.69) is 4.98 Å². The number of halogens is 2. The number of carbonyl (C=O) groups is 1. The number of aliphatic hydroxyl groups excluding tert-OH is 2. The lowest BCUT2D eigenvalue weighted by Crippen LogP contribution is -2.27. The summed E-state index contributed by atoms with van der Waals surface area (Å²) < 4.78 is 0. The van der Waals surface area contributed by atoms with E-state index in [1.54, 1.807) is 0 Å². The smallest absolute Gasteiger partial charge is 0.335 e. The molecule has 0 aliphatic rings. The fourth-order valence-electron chi connectivity index (χ4n) is 0.966. The zero-order valence-electron chi connectivity index (χ0n) is 7.26. The van der Waals surface area contributed by atoms with E-state index in [0.717, 1.165) is 0 Å². The quantitative estimate of drug-likeness (QED) is 0.694. The molecule has 1 heterocycles.